The van der Waals surface area contributed by atoms with Gasteiger partial charge in [-0.15, -0.1) is 0 Å². The smallest absolute Gasteiger partial charge is 0.416 e. The highest BCUT2D eigenvalue weighted by molar-refractivity contribution is 5.87. The lowest BCUT2D eigenvalue weighted by molar-refractivity contribution is -0.146. The van der Waals surface area contributed by atoms with E-state index in [0.717, 1.165) is 31.4 Å². The molecule has 0 aliphatic heterocycles. The maximum Gasteiger partial charge on any atom is 0.416 e. The van der Waals surface area contributed by atoms with Crippen LogP contribution in [0.3, 0.4) is 0 Å². The number of hydrogen-bond donors (Lipinski definition) is 2. The Balaban J connectivity index is 2.10. The summed E-state index contributed by atoms with van der Waals surface area (Å²) >= 11 is 0. The maximum absolute atomic E-state index is 12.6. The fourth-order valence-corrected chi connectivity index (χ4v) is 2.48. The highest BCUT2D eigenvalue weighted by atomic mass is 19.4. The fraction of sp³-hybridized carbons (Fsp3) is 0.316. The number of aliphatic hydroxyl groups is 1. The average Bonchev–Trinajstić information content (AvgIpc) is 2.72. The number of alkyl halides is 3. The predicted octanol–water partition coefficient (Wildman–Crippen LogP) is 2.04. The monoisotopic (exact) mass is 412 g/mol. The van der Waals surface area contributed by atoms with E-state index in [9.17, 15) is 27.9 Å². The number of carbonyl (C=O) groups excluding carboxylic acids is 2. The Morgan fingerprint density at radius 3 is 2.28 bits per heavy atom. The predicted molar refractivity (Wildman–Crippen MR) is 94.8 cm³/mol. The summed E-state index contributed by atoms with van der Waals surface area (Å²) in [6.07, 6.45) is -4.82. The van der Waals surface area contributed by atoms with E-state index in [0.29, 0.717) is 11.4 Å². The molecule has 1 heterocycles. The van der Waals surface area contributed by atoms with Crippen molar-refractivity contribution in [1.29, 1.82) is 0 Å². The van der Waals surface area contributed by atoms with Crippen LogP contribution in [-0.2, 0) is 26.9 Å². The van der Waals surface area contributed by atoms with Gasteiger partial charge in [-0.3, -0.25) is 4.79 Å². The van der Waals surface area contributed by atoms with Crippen molar-refractivity contribution in [3.63, 3.8) is 0 Å². The Morgan fingerprint density at radius 1 is 1.14 bits per heavy atom. The molecule has 156 valence electrons. The highest BCUT2D eigenvalue weighted by Crippen LogP contribution is 2.30. The number of aliphatic hydroxyl groups excluding tert-OH is 1. The second kappa shape index (κ2) is 9.37. The first kappa shape index (κ1) is 22.2. The Hall–Kier alpha value is -3.14. The first-order valence-electron chi connectivity index (χ1n) is 8.38. The third-order valence-corrected chi connectivity index (χ3v) is 4.05. The summed E-state index contributed by atoms with van der Waals surface area (Å²) in [5.74, 6) is -1.35. The first-order valence-corrected chi connectivity index (χ1v) is 8.38. The topological polar surface area (TPSA) is 97.8 Å². The quantitative estimate of drug-likeness (QED) is 0.676. The molecule has 0 spiro atoms. The summed E-state index contributed by atoms with van der Waals surface area (Å²) in [5, 5.41) is 12.5. The first-order chi connectivity index (χ1) is 13.7. The third kappa shape index (κ3) is 5.92. The zero-order valence-corrected chi connectivity index (χ0v) is 15.6. The van der Waals surface area contributed by atoms with Gasteiger partial charge in [0.05, 0.1) is 19.8 Å². The van der Waals surface area contributed by atoms with Gasteiger partial charge < -0.3 is 19.9 Å². The van der Waals surface area contributed by atoms with E-state index in [1.54, 1.807) is 12.1 Å². The van der Waals surface area contributed by atoms with Crippen molar-refractivity contribution in [1.82, 2.24) is 10.3 Å². The second-order valence-corrected chi connectivity index (χ2v) is 6.02. The van der Waals surface area contributed by atoms with Crippen LogP contribution in [0.1, 0.15) is 22.8 Å². The number of amides is 1. The molecule has 29 heavy (non-hydrogen) atoms. The lowest BCUT2D eigenvalue weighted by Crippen LogP contribution is -2.45. The van der Waals surface area contributed by atoms with E-state index in [1.165, 1.54) is 13.3 Å². The molecular formula is C19H19F3N2O5. The van der Waals surface area contributed by atoms with Crippen LogP contribution in [0.2, 0.25) is 0 Å². The summed E-state index contributed by atoms with van der Waals surface area (Å²) in [5.41, 5.74) is -0.371. The summed E-state index contributed by atoms with van der Waals surface area (Å²) in [6.45, 7) is 0. The molecule has 0 saturated carbocycles. The van der Waals surface area contributed by atoms with E-state index in [1.807, 2.05) is 0 Å². The largest absolute Gasteiger partial charge is 0.481 e. The Kier molecular flexibility index (Phi) is 7.16. The van der Waals surface area contributed by atoms with Gasteiger partial charge in [0.15, 0.2) is 6.10 Å². The number of ether oxygens (including phenoxy) is 2. The van der Waals surface area contributed by atoms with Gasteiger partial charge in [-0.2, -0.15) is 13.2 Å². The van der Waals surface area contributed by atoms with Crippen LogP contribution in [0.25, 0.3) is 0 Å². The van der Waals surface area contributed by atoms with Crippen LogP contribution >= 0.6 is 0 Å². The molecule has 0 fully saturated rings. The van der Waals surface area contributed by atoms with E-state index in [4.69, 9.17) is 4.74 Å². The number of halogens is 3. The Bertz CT molecular complexity index is 838. The lowest BCUT2D eigenvalue weighted by Gasteiger charge is -2.19. The van der Waals surface area contributed by atoms with Gasteiger partial charge in [-0.1, -0.05) is 18.2 Å². The van der Waals surface area contributed by atoms with Gasteiger partial charge in [0.25, 0.3) is 5.91 Å². The summed E-state index contributed by atoms with van der Waals surface area (Å²) in [7, 11) is 2.59. The number of hydrogen-bond acceptors (Lipinski definition) is 6. The van der Waals surface area contributed by atoms with Crippen LogP contribution in [0.5, 0.6) is 5.88 Å². The SMILES string of the molecule is COC(=O)[C@@H](Cc1ccc(OC)nc1)NC(=O)[C@@H](O)c1ccc(C(F)(F)F)cc1. The second-order valence-electron chi connectivity index (χ2n) is 6.02. The zero-order chi connectivity index (χ0) is 21.6. The standard InChI is InChI=1S/C19H19F3N2O5/c1-28-15-8-3-11(10-23-15)9-14(18(27)29-2)24-17(26)16(25)12-4-6-13(7-5-12)19(20,21)22/h3-8,10,14,16,25H,9H2,1-2H3,(H,24,26)/t14-,16+/m1/s1. The summed E-state index contributed by atoms with van der Waals surface area (Å²) < 4.78 is 47.5. The van der Waals surface area contributed by atoms with Crippen molar-refractivity contribution in [3.8, 4) is 5.88 Å². The summed E-state index contributed by atoms with van der Waals surface area (Å²) in [6, 6.07) is 5.58. The van der Waals surface area contributed by atoms with E-state index < -0.39 is 35.8 Å². The molecule has 0 radical (unpaired) electrons. The number of methoxy groups -OCH3 is 2. The number of rotatable bonds is 7. The van der Waals surface area contributed by atoms with Crippen LogP contribution < -0.4 is 10.1 Å². The van der Waals surface area contributed by atoms with Gasteiger partial charge in [0.1, 0.15) is 6.04 Å². The molecule has 0 aliphatic carbocycles. The lowest BCUT2D eigenvalue weighted by atomic mass is 10.0. The fourth-order valence-electron chi connectivity index (χ4n) is 2.48. The van der Waals surface area contributed by atoms with Crippen molar-refractivity contribution < 1.29 is 37.3 Å². The zero-order valence-electron chi connectivity index (χ0n) is 15.6. The van der Waals surface area contributed by atoms with Gasteiger partial charge in [0, 0.05) is 18.7 Å². The molecule has 0 aliphatic rings. The van der Waals surface area contributed by atoms with E-state index in [-0.39, 0.29) is 12.0 Å². The van der Waals surface area contributed by atoms with E-state index in [2.05, 4.69) is 15.0 Å². The third-order valence-electron chi connectivity index (χ3n) is 4.05. The van der Waals surface area contributed by atoms with Crippen molar-refractivity contribution >= 4 is 11.9 Å². The molecule has 2 rings (SSSR count). The van der Waals surface area contributed by atoms with Gasteiger partial charge in [0.2, 0.25) is 5.88 Å². The molecule has 2 aromatic rings. The molecule has 1 amide bonds. The Labute approximate surface area is 164 Å². The minimum atomic E-state index is -4.53. The van der Waals surface area contributed by atoms with Crippen LogP contribution in [0.15, 0.2) is 42.6 Å². The minimum Gasteiger partial charge on any atom is -0.481 e. The number of nitrogens with zero attached hydrogens (tertiary/aromatic N) is 1. The van der Waals surface area contributed by atoms with Crippen molar-refractivity contribution in [3.05, 3.63) is 59.3 Å². The molecule has 2 N–H and O–H groups in total. The number of carbonyl (C=O) groups is 2. The number of aromatic nitrogens is 1. The van der Waals surface area contributed by atoms with Crippen molar-refractivity contribution in [2.75, 3.05) is 14.2 Å². The molecule has 0 unspecified atom stereocenters. The molecule has 1 aromatic heterocycles. The highest BCUT2D eigenvalue weighted by Gasteiger charge is 2.31. The maximum atomic E-state index is 12.6. The molecule has 0 bridgehead atoms. The normalized spacial score (nSPS) is 13.3. The van der Waals surface area contributed by atoms with Crippen molar-refractivity contribution in [2.45, 2.75) is 24.7 Å². The van der Waals surface area contributed by atoms with Gasteiger partial charge >= 0.3 is 12.1 Å². The van der Waals surface area contributed by atoms with Crippen molar-refractivity contribution in [2.24, 2.45) is 0 Å². The van der Waals surface area contributed by atoms with Crippen LogP contribution in [0, 0.1) is 0 Å². The average molecular weight is 412 g/mol. The number of benzene rings is 1. The minimum absolute atomic E-state index is 0.0230. The van der Waals surface area contributed by atoms with Crippen LogP contribution in [-0.4, -0.2) is 42.2 Å². The summed E-state index contributed by atoms with van der Waals surface area (Å²) in [4.78, 5) is 28.3. The molecule has 2 atom stereocenters. The Morgan fingerprint density at radius 2 is 1.79 bits per heavy atom. The number of pyridine rings is 1. The molecule has 1 aromatic carbocycles. The van der Waals surface area contributed by atoms with E-state index >= 15 is 0 Å². The van der Waals surface area contributed by atoms with Crippen LogP contribution in [0.4, 0.5) is 13.2 Å². The molecule has 10 heteroatoms. The molecule has 0 saturated heterocycles. The van der Waals surface area contributed by atoms with Gasteiger partial charge in [-0.25, -0.2) is 9.78 Å². The molecular weight excluding hydrogens is 393 g/mol. The number of esters is 1. The van der Waals surface area contributed by atoms with Gasteiger partial charge in [-0.05, 0) is 23.3 Å². The number of nitrogens with one attached hydrogen (secondary N) is 1. The molecule has 7 nitrogen and oxygen atoms in total.